The Balaban J connectivity index is 1.62. The SMILES string of the molecule is CSc1ccc(-c2cnc3ccc(-c4cn[nH]c4-c4ccc(F)cc4)cn23)s1. The lowest BCUT2D eigenvalue weighted by atomic mass is 10.0. The molecular formula is C21H15FN4S2. The standard InChI is InChI=1S/C21H15FN4S2/c1-27-20-9-7-18(28-20)17-11-23-19-8-4-14(12-26(17)19)16-10-24-25-21(16)13-2-5-15(22)6-3-13/h2-12H,1H3,(H,24,25). The molecule has 4 heterocycles. The maximum Gasteiger partial charge on any atom is 0.137 e. The molecule has 138 valence electrons. The number of pyridine rings is 1. The highest BCUT2D eigenvalue weighted by atomic mass is 32.2. The third kappa shape index (κ3) is 2.93. The Morgan fingerprint density at radius 3 is 2.61 bits per heavy atom. The van der Waals surface area contributed by atoms with E-state index in [0.717, 1.165) is 33.7 Å². The van der Waals surface area contributed by atoms with Crippen molar-refractivity contribution in [2.24, 2.45) is 0 Å². The number of hydrogen-bond acceptors (Lipinski definition) is 4. The largest absolute Gasteiger partial charge is 0.298 e. The second-order valence-corrected chi connectivity index (χ2v) is 8.47. The molecule has 4 nitrogen and oxygen atoms in total. The lowest BCUT2D eigenvalue weighted by molar-refractivity contribution is 0.628. The summed E-state index contributed by atoms with van der Waals surface area (Å²) in [7, 11) is 0. The maximum atomic E-state index is 13.3. The van der Waals surface area contributed by atoms with Crippen molar-refractivity contribution in [3.63, 3.8) is 0 Å². The van der Waals surface area contributed by atoms with Gasteiger partial charge in [0.2, 0.25) is 0 Å². The number of aromatic nitrogens is 4. The fourth-order valence-electron chi connectivity index (χ4n) is 3.23. The van der Waals surface area contributed by atoms with Gasteiger partial charge in [0.25, 0.3) is 0 Å². The van der Waals surface area contributed by atoms with Crippen molar-refractivity contribution < 1.29 is 4.39 Å². The van der Waals surface area contributed by atoms with E-state index in [0.29, 0.717) is 0 Å². The van der Waals surface area contributed by atoms with Crippen molar-refractivity contribution in [2.45, 2.75) is 4.21 Å². The number of fused-ring (bicyclic) bond motifs is 1. The third-order valence-electron chi connectivity index (χ3n) is 4.62. The maximum absolute atomic E-state index is 13.3. The predicted molar refractivity (Wildman–Crippen MR) is 113 cm³/mol. The Labute approximate surface area is 169 Å². The molecule has 28 heavy (non-hydrogen) atoms. The molecule has 0 aliphatic rings. The highest BCUT2D eigenvalue weighted by Gasteiger charge is 2.13. The normalized spacial score (nSPS) is 11.4. The summed E-state index contributed by atoms with van der Waals surface area (Å²) in [6, 6.07) is 14.7. The van der Waals surface area contributed by atoms with Gasteiger partial charge in [-0.05, 0) is 54.8 Å². The van der Waals surface area contributed by atoms with Crippen molar-refractivity contribution >= 4 is 28.7 Å². The van der Waals surface area contributed by atoms with Crippen LogP contribution in [0.1, 0.15) is 0 Å². The first-order chi connectivity index (χ1) is 13.7. The van der Waals surface area contributed by atoms with Gasteiger partial charge in [-0.25, -0.2) is 9.37 Å². The second kappa shape index (κ2) is 6.92. The molecule has 5 aromatic rings. The number of aromatic amines is 1. The molecule has 0 amide bonds. The Bertz CT molecular complexity index is 1270. The number of nitrogens with zero attached hydrogens (tertiary/aromatic N) is 3. The van der Waals surface area contributed by atoms with Crippen LogP contribution in [-0.4, -0.2) is 25.8 Å². The van der Waals surface area contributed by atoms with Gasteiger partial charge in [-0.1, -0.05) is 0 Å². The minimum Gasteiger partial charge on any atom is -0.298 e. The molecule has 0 atom stereocenters. The van der Waals surface area contributed by atoms with Crippen LogP contribution in [0.25, 0.3) is 38.6 Å². The number of rotatable bonds is 4. The van der Waals surface area contributed by atoms with Gasteiger partial charge in [-0.2, -0.15) is 5.10 Å². The Morgan fingerprint density at radius 1 is 1.00 bits per heavy atom. The first-order valence-corrected chi connectivity index (χ1v) is 10.7. The summed E-state index contributed by atoms with van der Waals surface area (Å²) in [6.45, 7) is 0. The van der Waals surface area contributed by atoms with Crippen LogP contribution in [0.4, 0.5) is 4.39 Å². The quantitative estimate of drug-likeness (QED) is 0.373. The summed E-state index contributed by atoms with van der Waals surface area (Å²) < 4.78 is 16.7. The molecule has 0 saturated carbocycles. The molecule has 0 bridgehead atoms. The van der Waals surface area contributed by atoms with Crippen LogP contribution < -0.4 is 0 Å². The van der Waals surface area contributed by atoms with E-state index in [2.05, 4.69) is 44.2 Å². The van der Waals surface area contributed by atoms with E-state index in [4.69, 9.17) is 0 Å². The van der Waals surface area contributed by atoms with Crippen molar-refractivity contribution in [1.29, 1.82) is 0 Å². The van der Waals surface area contributed by atoms with E-state index in [-0.39, 0.29) is 5.82 Å². The lowest BCUT2D eigenvalue weighted by Gasteiger charge is -2.06. The van der Waals surface area contributed by atoms with Crippen LogP contribution in [0.5, 0.6) is 0 Å². The molecule has 0 spiro atoms. The predicted octanol–water partition coefficient (Wildman–Crippen LogP) is 5.98. The first-order valence-electron chi connectivity index (χ1n) is 8.64. The first kappa shape index (κ1) is 17.2. The zero-order chi connectivity index (χ0) is 19.1. The fourth-order valence-corrected chi connectivity index (χ4v) is 4.78. The van der Waals surface area contributed by atoms with Crippen molar-refractivity contribution in [3.05, 3.63) is 72.9 Å². The molecule has 1 N–H and O–H groups in total. The van der Waals surface area contributed by atoms with Gasteiger partial charge >= 0.3 is 0 Å². The molecular weight excluding hydrogens is 391 g/mol. The molecule has 7 heteroatoms. The smallest absolute Gasteiger partial charge is 0.137 e. The molecule has 1 aromatic carbocycles. The lowest BCUT2D eigenvalue weighted by Crippen LogP contribution is -1.90. The number of thiophene rings is 1. The molecule has 0 fully saturated rings. The number of thioether (sulfide) groups is 1. The zero-order valence-corrected chi connectivity index (χ0v) is 16.5. The van der Waals surface area contributed by atoms with E-state index < -0.39 is 0 Å². The van der Waals surface area contributed by atoms with Crippen molar-refractivity contribution in [2.75, 3.05) is 6.26 Å². The summed E-state index contributed by atoms with van der Waals surface area (Å²) in [4.78, 5) is 5.72. The summed E-state index contributed by atoms with van der Waals surface area (Å²) in [6.07, 6.45) is 7.87. The Kier molecular flexibility index (Phi) is 4.26. The highest BCUT2D eigenvalue weighted by molar-refractivity contribution is 8.00. The van der Waals surface area contributed by atoms with E-state index in [1.807, 2.05) is 18.3 Å². The fraction of sp³-hybridized carbons (Fsp3) is 0.0476. The molecule has 0 radical (unpaired) electrons. The third-order valence-corrected chi connectivity index (χ3v) is 6.81. The summed E-state index contributed by atoms with van der Waals surface area (Å²) in [5.74, 6) is -0.255. The molecule has 0 saturated heterocycles. The number of imidazole rings is 1. The Morgan fingerprint density at radius 2 is 1.82 bits per heavy atom. The topological polar surface area (TPSA) is 46.0 Å². The Hall–Kier alpha value is -2.90. The average Bonchev–Trinajstić information content (AvgIpc) is 3.46. The summed E-state index contributed by atoms with van der Waals surface area (Å²) in [5.41, 5.74) is 5.69. The van der Waals surface area contributed by atoms with E-state index >= 15 is 0 Å². The number of benzene rings is 1. The van der Waals surface area contributed by atoms with Gasteiger partial charge in [0.05, 0.1) is 32.9 Å². The summed E-state index contributed by atoms with van der Waals surface area (Å²) in [5, 5.41) is 7.26. The van der Waals surface area contributed by atoms with E-state index in [1.165, 1.54) is 21.2 Å². The average molecular weight is 407 g/mol. The minimum absolute atomic E-state index is 0.255. The molecule has 0 aliphatic heterocycles. The molecule has 0 unspecified atom stereocenters. The minimum atomic E-state index is -0.255. The van der Waals surface area contributed by atoms with Crippen LogP contribution in [0.3, 0.4) is 0 Å². The zero-order valence-electron chi connectivity index (χ0n) is 14.9. The van der Waals surface area contributed by atoms with Crippen LogP contribution in [-0.2, 0) is 0 Å². The molecule has 0 aliphatic carbocycles. The van der Waals surface area contributed by atoms with Gasteiger partial charge in [0, 0.05) is 22.9 Å². The van der Waals surface area contributed by atoms with Gasteiger partial charge in [0.1, 0.15) is 11.5 Å². The van der Waals surface area contributed by atoms with Gasteiger partial charge in [-0.15, -0.1) is 23.1 Å². The second-order valence-electron chi connectivity index (χ2n) is 6.28. The van der Waals surface area contributed by atoms with Gasteiger partial charge < -0.3 is 0 Å². The van der Waals surface area contributed by atoms with Gasteiger partial charge in [0.15, 0.2) is 0 Å². The van der Waals surface area contributed by atoms with Crippen molar-refractivity contribution in [1.82, 2.24) is 19.6 Å². The number of hydrogen-bond donors (Lipinski definition) is 1. The van der Waals surface area contributed by atoms with Crippen LogP contribution >= 0.6 is 23.1 Å². The molecule has 5 rings (SSSR count). The molecule has 4 aromatic heterocycles. The number of halogens is 1. The monoisotopic (exact) mass is 406 g/mol. The summed E-state index contributed by atoms with van der Waals surface area (Å²) >= 11 is 3.50. The highest BCUT2D eigenvalue weighted by Crippen LogP contribution is 2.35. The van der Waals surface area contributed by atoms with Crippen LogP contribution in [0, 0.1) is 5.82 Å². The van der Waals surface area contributed by atoms with E-state index in [1.54, 1.807) is 41.4 Å². The van der Waals surface area contributed by atoms with Crippen LogP contribution in [0.2, 0.25) is 0 Å². The number of H-pyrrole nitrogens is 1. The van der Waals surface area contributed by atoms with E-state index in [9.17, 15) is 4.39 Å². The van der Waals surface area contributed by atoms with Gasteiger partial charge in [-0.3, -0.25) is 9.50 Å². The van der Waals surface area contributed by atoms with Crippen LogP contribution in [0.15, 0.2) is 71.3 Å². The number of nitrogens with one attached hydrogen (secondary N) is 1. The van der Waals surface area contributed by atoms with Crippen molar-refractivity contribution in [3.8, 4) is 33.0 Å².